The minimum absolute atomic E-state index is 0.0587. The van der Waals surface area contributed by atoms with Crippen LogP contribution in [0.5, 0.6) is 0 Å². The number of benzene rings is 1. The van der Waals surface area contributed by atoms with Crippen molar-refractivity contribution in [2.24, 2.45) is 5.73 Å². The Balaban J connectivity index is 2.39. The van der Waals surface area contributed by atoms with E-state index in [-0.39, 0.29) is 6.04 Å². The summed E-state index contributed by atoms with van der Waals surface area (Å²) in [6, 6.07) is 7.01. The zero-order valence-corrected chi connectivity index (χ0v) is 11.3. The molecule has 0 fully saturated rings. The highest BCUT2D eigenvalue weighted by molar-refractivity contribution is 5.63. The lowest BCUT2D eigenvalue weighted by Crippen LogP contribution is -2.17. The second-order valence-electron chi connectivity index (χ2n) is 4.97. The largest absolute Gasteiger partial charge is 0.461 e. The van der Waals surface area contributed by atoms with Gasteiger partial charge in [-0.25, -0.2) is 0 Å². The van der Waals surface area contributed by atoms with E-state index in [0.717, 1.165) is 17.7 Å². The molecule has 0 aliphatic carbocycles. The van der Waals surface area contributed by atoms with Crippen LogP contribution in [-0.4, -0.2) is 6.04 Å². The predicted octanol–water partition coefficient (Wildman–Crippen LogP) is 4.16. The molecule has 2 rings (SSSR count). The zero-order valence-electron chi connectivity index (χ0n) is 11.3. The molecule has 0 amide bonds. The summed E-state index contributed by atoms with van der Waals surface area (Å²) >= 11 is 0. The lowest BCUT2D eigenvalue weighted by molar-refractivity contribution is -0.137. The van der Waals surface area contributed by atoms with Crippen LogP contribution in [-0.2, 0) is 12.6 Å². The summed E-state index contributed by atoms with van der Waals surface area (Å²) in [6.45, 7) is 3.60. The van der Waals surface area contributed by atoms with Crippen molar-refractivity contribution in [1.29, 1.82) is 0 Å². The van der Waals surface area contributed by atoms with E-state index in [9.17, 15) is 13.2 Å². The molecule has 0 saturated carbocycles. The van der Waals surface area contributed by atoms with E-state index >= 15 is 0 Å². The van der Waals surface area contributed by atoms with Gasteiger partial charge in [0, 0.05) is 18.0 Å². The van der Waals surface area contributed by atoms with Crippen molar-refractivity contribution in [2.75, 3.05) is 0 Å². The normalized spacial score (nSPS) is 13.5. The smallest absolute Gasteiger partial charge is 0.416 e. The van der Waals surface area contributed by atoms with Gasteiger partial charge < -0.3 is 10.2 Å². The Bertz CT molecular complexity index is 599. The van der Waals surface area contributed by atoms with Crippen LogP contribution in [0.3, 0.4) is 0 Å². The fourth-order valence-electron chi connectivity index (χ4n) is 2.01. The lowest BCUT2D eigenvalue weighted by Gasteiger charge is -2.10. The maximum Gasteiger partial charge on any atom is 0.416 e. The van der Waals surface area contributed by atoms with E-state index in [4.69, 9.17) is 10.2 Å². The molecule has 0 radical (unpaired) electrons. The molecule has 5 heteroatoms. The Kier molecular flexibility index (Phi) is 3.90. The first-order chi connectivity index (χ1) is 9.27. The van der Waals surface area contributed by atoms with Crippen LogP contribution in [0.4, 0.5) is 13.2 Å². The number of hydrogen-bond donors (Lipinski definition) is 1. The van der Waals surface area contributed by atoms with E-state index in [1.165, 1.54) is 6.07 Å². The lowest BCUT2D eigenvalue weighted by atomic mass is 10.0. The van der Waals surface area contributed by atoms with Crippen LogP contribution in [0.25, 0.3) is 11.3 Å². The highest BCUT2D eigenvalue weighted by Crippen LogP contribution is 2.34. The molecule has 0 spiro atoms. The average molecular weight is 283 g/mol. The molecule has 1 aromatic heterocycles. The van der Waals surface area contributed by atoms with E-state index in [2.05, 4.69) is 0 Å². The maximum atomic E-state index is 12.7. The van der Waals surface area contributed by atoms with Gasteiger partial charge in [-0.2, -0.15) is 13.2 Å². The van der Waals surface area contributed by atoms with Crippen molar-refractivity contribution in [2.45, 2.75) is 32.5 Å². The van der Waals surface area contributed by atoms with Gasteiger partial charge in [0.1, 0.15) is 11.5 Å². The molecule has 108 valence electrons. The Hall–Kier alpha value is -1.75. The van der Waals surface area contributed by atoms with Gasteiger partial charge in [-0.3, -0.25) is 0 Å². The van der Waals surface area contributed by atoms with Gasteiger partial charge in [0.15, 0.2) is 0 Å². The van der Waals surface area contributed by atoms with Crippen molar-refractivity contribution in [3.05, 3.63) is 47.2 Å². The molecule has 1 atom stereocenters. The summed E-state index contributed by atoms with van der Waals surface area (Å²) in [7, 11) is 0. The molecule has 0 aliphatic rings. The number of furan rings is 1. The van der Waals surface area contributed by atoms with Crippen molar-refractivity contribution < 1.29 is 17.6 Å². The Morgan fingerprint density at radius 1 is 1.20 bits per heavy atom. The molecule has 2 nitrogen and oxygen atoms in total. The van der Waals surface area contributed by atoms with Gasteiger partial charge in [0.2, 0.25) is 0 Å². The second-order valence-corrected chi connectivity index (χ2v) is 4.97. The number of halogens is 3. The first-order valence-corrected chi connectivity index (χ1v) is 6.30. The highest BCUT2D eigenvalue weighted by Gasteiger charge is 2.31. The molecule has 1 unspecified atom stereocenters. The van der Waals surface area contributed by atoms with Crippen LogP contribution in [0.2, 0.25) is 0 Å². The van der Waals surface area contributed by atoms with Gasteiger partial charge >= 0.3 is 6.18 Å². The third kappa shape index (κ3) is 3.22. The van der Waals surface area contributed by atoms with Crippen LogP contribution in [0.15, 0.2) is 34.7 Å². The monoisotopic (exact) mass is 283 g/mol. The number of nitrogens with two attached hydrogens (primary N) is 1. The summed E-state index contributed by atoms with van der Waals surface area (Å²) in [6.07, 6.45) is -3.80. The van der Waals surface area contributed by atoms with Gasteiger partial charge in [-0.15, -0.1) is 0 Å². The molecule has 1 heterocycles. The van der Waals surface area contributed by atoms with Crippen LogP contribution < -0.4 is 5.73 Å². The maximum absolute atomic E-state index is 12.7. The van der Waals surface area contributed by atoms with E-state index in [1.54, 1.807) is 19.1 Å². The van der Waals surface area contributed by atoms with Crippen molar-refractivity contribution >= 4 is 0 Å². The average Bonchev–Trinajstić information content (AvgIpc) is 2.75. The summed E-state index contributed by atoms with van der Waals surface area (Å²) in [4.78, 5) is 0. The summed E-state index contributed by atoms with van der Waals surface area (Å²) in [5.74, 6) is 1.11. The zero-order chi connectivity index (χ0) is 14.9. The van der Waals surface area contributed by atoms with Crippen LogP contribution in [0.1, 0.15) is 23.8 Å². The molecule has 0 saturated heterocycles. The minimum Gasteiger partial charge on any atom is -0.461 e. The fraction of sp³-hybridized carbons (Fsp3) is 0.333. The van der Waals surface area contributed by atoms with Crippen LogP contribution in [0, 0.1) is 6.92 Å². The number of hydrogen-bond acceptors (Lipinski definition) is 2. The molecule has 2 N–H and O–H groups in total. The van der Waals surface area contributed by atoms with Gasteiger partial charge in [0.05, 0.1) is 5.56 Å². The SMILES string of the molecule is Cc1ccc(C(F)(F)F)cc1-c1ccc(CC(C)N)o1. The Labute approximate surface area is 115 Å². The molecular formula is C15H16F3NO. The molecule has 0 aliphatic heterocycles. The number of alkyl halides is 3. The molecular weight excluding hydrogens is 267 g/mol. The minimum atomic E-state index is -4.36. The van der Waals surface area contributed by atoms with Gasteiger partial charge in [-0.1, -0.05) is 6.07 Å². The third-order valence-electron chi connectivity index (χ3n) is 3.02. The van der Waals surface area contributed by atoms with Gasteiger partial charge in [-0.05, 0) is 43.7 Å². The Morgan fingerprint density at radius 3 is 2.50 bits per heavy atom. The first kappa shape index (κ1) is 14.7. The van der Waals surface area contributed by atoms with Crippen molar-refractivity contribution in [1.82, 2.24) is 0 Å². The predicted molar refractivity (Wildman–Crippen MR) is 71.2 cm³/mol. The van der Waals surface area contributed by atoms with E-state index in [1.807, 2.05) is 6.92 Å². The standard InChI is InChI=1S/C15H16F3NO/c1-9-3-4-11(15(16,17)18)8-13(9)14-6-5-12(20-14)7-10(2)19/h3-6,8,10H,7,19H2,1-2H3. The number of aryl methyl sites for hydroxylation is 1. The van der Waals surface area contributed by atoms with E-state index in [0.29, 0.717) is 23.5 Å². The fourth-order valence-corrected chi connectivity index (χ4v) is 2.01. The summed E-state index contributed by atoms with van der Waals surface area (Å²) < 4.78 is 43.8. The molecule has 1 aromatic carbocycles. The summed E-state index contributed by atoms with van der Waals surface area (Å²) in [5.41, 5.74) is 6.19. The van der Waals surface area contributed by atoms with Crippen LogP contribution >= 0.6 is 0 Å². The third-order valence-corrected chi connectivity index (χ3v) is 3.02. The molecule has 0 bridgehead atoms. The topological polar surface area (TPSA) is 39.2 Å². The second kappa shape index (κ2) is 5.32. The Morgan fingerprint density at radius 2 is 1.90 bits per heavy atom. The first-order valence-electron chi connectivity index (χ1n) is 6.30. The van der Waals surface area contributed by atoms with Gasteiger partial charge in [0.25, 0.3) is 0 Å². The molecule has 20 heavy (non-hydrogen) atoms. The molecule has 2 aromatic rings. The quantitative estimate of drug-likeness (QED) is 0.918. The highest BCUT2D eigenvalue weighted by atomic mass is 19.4. The van der Waals surface area contributed by atoms with Crippen molar-refractivity contribution in [3.8, 4) is 11.3 Å². The van der Waals surface area contributed by atoms with Crippen molar-refractivity contribution in [3.63, 3.8) is 0 Å². The summed E-state index contributed by atoms with van der Waals surface area (Å²) in [5, 5.41) is 0. The van der Waals surface area contributed by atoms with E-state index < -0.39 is 11.7 Å². The number of rotatable bonds is 3.